The van der Waals surface area contributed by atoms with Gasteiger partial charge in [-0.3, -0.25) is 4.99 Å². The van der Waals surface area contributed by atoms with Crippen molar-refractivity contribution in [1.82, 2.24) is 10.6 Å². The van der Waals surface area contributed by atoms with E-state index in [1.807, 2.05) is 18.2 Å². The van der Waals surface area contributed by atoms with Crippen molar-refractivity contribution < 1.29 is 4.42 Å². The number of furan rings is 1. The Balaban J connectivity index is 1.91. The van der Waals surface area contributed by atoms with Crippen molar-refractivity contribution in [2.45, 2.75) is 26.3 Å². The fraction of sp³-hybridized carbons (Fsp3) is 0.353. The summed E-state index contributed by atoms with van der Waals surface area (Å²) in [5.74, 6) is 1.80. The second kappa shape index (κ2) is 8.15. The molecular weight excluding hydrogens is 262 g/mol. The molecule has 4 heteroatoms. The number of aliphatic imine (C=N–C) groups is 1. The lowest BCUT2D eigenvalue weighted by Crippen LogP contribution is -2.38. The molecule has 2 rings (SSSR count). The molecule has 2 aromatic rings. The predicted molar refractivity (Wildman–Crippen MR) is 86.4 cm³/mol. The number of hydrogen-bond acceptors (Lipinski definition) is 2. The Morgan fingerprint density at radius 2 is 2.00 bits per heavy atom. The van der Waals surface area contributed by atoms with Crippen LogP contribution in [-0.4, -0.2) is 19.0 Å². The molecule has 1 aromatic heterocycles. The van der Waals surface area contributed by atoms with Crippen molar-refractivity contribution in [3.8, 4) is 0 Å². The van der Waals surface area contributed by atoms with E-state index in [9.17, 15) is 0 Å². The Labute approximate surface area is 126 Å². The van der Waals surface area contributed by atoms with Crippen molar-refractivity contribution in [3.63, 3.8) is 0 Å². The highest BCUT2D eigenvalue weighted by Crippen LogP contribution is 2.10. The third-order valence-corrected chi connectivity index (χ3v) is 3.21. The third-order valence-electron chi connectivity index (χ3n) is 3.21. The van der Waals surface area contributed by atoms with Gasteiger partial charge in [0, 0.05) is 19.5 Å². The summed E-state index contributed by atoms with van der Waals surface area (Å²) in [6, 6.07) is 14.4. The first-order valence-corrected chi connectivity index (χ1v) is 7.41. The number of guanidine groups is 1. The normalized spacial score (nSPS) is 13.0. The van der Waals surface area contributed by atoms with Crippen molar-refractivity contribution in [3.05, 3.63) is 60.1 Å². The maximum absolute atomic E-state index is 5.32. The van der Waals surface area contributed by atoms with E-state index < -0.39 is 0 Å². The zero-order valence-corrected chi connectivity index (χ0v) is 12.7. The monoisotopic (exact) mass is 285 g/mol. The van der Waals surface area contributed by atoms with E-state index >= 15 is 0 Å². The van der Waals surface area contributed by atoms with Crippen LogP contribution in [0.4, 0.5) is 0 Å². The van der Waals surface area contributed by atoms with Crippen molar-refractivity contribution in [2.24, 2.45) is 4.99 Å². The summed E-state index contributed by atoms with van der Waals surface area (Å²) in [6.45, 7) is 5.74. The highest BCUT2D eigenvalue weighted by Gasteiger charge is 2.06. The molecule has 1 heterocycles. The van der Waals surface area contributed by atoms with Crippen LogP contribution in [0, 0.1) is 0 Å². The first kappa shape index (κ1) is 15.2. The van der Waals surface area contributed by atoms with Crippen LogP contribution in [0.5, 0.6) is 0 Å². The van der Waals surface area contributed by atoms with Gasteiger partial charge in [0.1, 0.15) is 5.76 Å². The maximum Gasteiger partial charge on any atom is 0.191 e. The lowest BCUT2D eigenvalue weighted by molar-refractivity contribution is 0.510. The van der Waals surface area contributed by atoms with Crippen molar-refractivity contribution >= 4 is 5.96 Å². The summed E-state index contributed by atoms with van der Waals surface area (Å²) in [7, 11) is 0. The molecule has 112 valence electrons. The third kappa shape index (κ3) is 4.99. The minimum absolute atomic E-state index is 0.215. The smallest absolute Gasteiger partial charge is 0.191 e. The molecule has 0 fully saturated rings. The topological polar surface area (TPSA) is 49.6 Å². The van der Waals surface area contributed by atoms with Gasteiger partial charge in [-0.1, -0.05) is 30.3 Å². The quantitative estimate of drug-likeness (QED) is 0.633. The first-order valence-electron chi connectivity index (χ1n) is 7.41. The zero-order valence-electron chi connectivity index (χ0n) is 12.7. The van der Waals surface area contributed by atoms with Crippen LogP contribution in [0.15, 0.2) is 58.1 Å². The van der Waals surface area contributed by atoms with Crippen LogP contribution >= 0.6 is 0 Å². The van der Waals surface area contributed by atoms with Gasteiger partial charge in [0.25, 0.3) is 0 Å². The molecule has 0 spiro atoms. The molecule has 0 saturated carbocycles. The van der Waals surface area contributed by atoms with Crippen LogP contribution in [0.1, 0.15) is 31.2 Å². The van der Waals surface area contributed by atoms with E-state index in [-0.39, 0.29) is 6.04 Å². The highest BCUT2D eigenvalue weighted by atomic mass is 16.3. The summed E-state index contributed by atoms with van der Waals surface area (Å²) < 4.78 is 5.32. The van der Waals surface area contributed by atoms with E-state index in [2.05, 4.69) is 53.7 Å². The van der Waals surface area contributed by atoms with Gasteiger partial charge in [-0.15, -0.1) is 0 Å². The standard InChI is InChI=1S/C17H23N3O/c1-3-18-17(19-12-11-16-10-7-13-21-16)20-14(2)15-8-5-4-6-9-15/h4-10,13-14H,3,11-12H2,1-2H3,(H2,18,19,20). The van der Waals surface area contributed by atoms with Gasteiger partial charge in [0.15, 0.2) is 5.96 Å². The Bertz CT molecular complexity index is 534. The highest BCUT2D eigenvalue weighted by molar-refractivity contribution is 5.80. The second-order valence-corrected chi connectivity index (χ2v) is 4.87. The molecule has 0 radical (unpaired) electrons. The fourth-order valence-corrected chi connectivity index (χ4v) is 2.08. The zero-order chi connectivity index (χ0) is 14.9. The predicted octanol–water partition coefficient (Wildman–Crippen LogP) is 3.14. The molecule has 1 aromatic carbocycles. The van der Waals surface area contributed by atoms with Crippen molar-refractivity contribution in [2.75, 3.05) is 13.1 Å². The van der Waals surface area contributed by atoms with Crippen LogP contribution in [-0.2, 0) is 6.42 Å². The van der Waals surface area contributed by atoms with Gasteiger partial charge in [-0.25, -0.2) is 0 Å². The van der Waals surface area contributed by atoms with Gasteiger partial charge < -0.3 is 15.1 Å². The molecule has 0 aliphatic heterocycles. The summed E-state index contributed by atoms with van der Waals surface area (Å²) in [5.41, 5.74) is 1.24. The summed E-state index contributed by atoms with van der Waals surface area (Å²) in [5, 5.41) is 6.69. The average Bonchev–Trinajstić information content (AvgIpc) is 3.01. The molecule has 1 atom stereocenters. The minimum atomic E-state index is 0.215. The van der Waals surface area contributed by atoms with Gasteiger partial charge >= 0.3 is 0 Å². The summed E-state index contributed by atoms with van der Waals surface area (Å²) in [6.07, 6.45) is 2.50. The Morgan fingerprint density at radius 1 is 1.19 bits per heavy atom. The lowest BCUT2D eigenvalue weighted by atomic mass is 10.1. The molecule has 21 heavy (non-hydrogen) atoms. The van der Waals surface area contributed by atoms with E-state index in [0.717, 1.165) is 24.7 Å². The largest absolute Gasteiger partial charge is 0.469 e. The van der Waals surface area contributed by atoms with E-state index in [0.29, 0.717) is 6.54 Å². The van der Waals surface area contributed by atoms with Crippen molar-refractivity contribution in [1.29, 1.82) is 0 Å². The second-order valence-electron chi connectivity index (χ2n) is 4.87. The molecule has 0 amide bonds. The SMILES string of the molecule is CCNC(=NCCc1ccco1)NC(C)c1ccccc1. The molecule has 0 bridgehead atoms. The number of hydrogen-bond donors (Lipinski definition) is 2. The van der Waals surface area contributed by atoms with Crippen LogP contribution < -0.4 is 10.6 Å². The molecule has 4 nitrogen and oxygen atoms in total. The van der Waals surface area contributed by atoms with E-state index in [4.69, 9.17) is 4.42 Å². The molecule has 0 aliphatic rings. The molecular formula is C17H23N3O. The summed E-state index contributed by atoms with van der Waals surface area (Å²) in [4.78, 5) is 4.59. The Morgan fingerprint density at radius 3 is 2.67 bits per heavy atom. The number of nitrogens with zero attached hydrogens (tertiary/aromatic N) is 1. The molecule has 0 aliphatic carbocycles. The lowest BCUT2D eigenvalue weighted by Gasteiger charge is -2.18. The number of rotatable bonds is 6. The fourth-order valence-electron chi connectivity index (χ4n) is 2.08. The number of benzene rings is 1. The van der Waals surface area contributed by atoms with Crippen LogP contribution in [0.3, 0.4) is 0 Å². The first-order chi connectivity index (χ1) is 10.3. The molecule has 2 N–H and O–H groups in total. The van der Waals surface area contributed by atoms with E-state index in [1.54, 1.807) is 6.26 Å². The average molecular weight is 285 g/mol. The van der Waals surface area contributed by atoms with Crippen LogP contribution in [0.25, 0.3) is 0 Å². The molecule has 0 saturated heterocycles. The van der Waals surface area contributed by atoms with Gasteiger partial charge in [-0.05, 0) is 31.5 Å². The Hall–Kier alpha value is -2.23. The van der Waals surface area contributed by atoms with E-state index in [1.165, 1.54) is 5.56 Å². The number of nitrogens with one attached hydrogen (secondary N) is 2. The van der Waals surface area contributed by atoms with Gasteiger partial charge in [-0.2, -0.15) is 0 Å². The maximum atomic E-state index is 5.32. The molecule has 1 unspecified atom stereocenters. The van der Waals surface area contributed by atoms with Gasteiger partial charge in [0.2, 0.25) is 0 Å². The van der Waals surface area contributed by atoms with Gasteiger partial charge in [0.05, 0.1) is 12.3 Å². The summed E-state index contributed by atoms with van der Waals surface area (Å²) >= 11 is 0. The minimum Gasteiger partial charge on any atom is -0.469 e. The van der Waals surface area contributed by atoms with Crippen LogP contribution in [0.2, 0.25) is 0 Å². The Kier molecular flexibility index (Phi) is 5.88.